The summed E-state index contributed by atoms with van der Waals surface area (Å²) >= 11 is 0. The van der Waals surface area contributed by atoms with E-state index < -0.39 is 22.7 Å². The highest BCUT2D eigenvalue weighted by Gasteiger charge is 2.41. The number of carbonyl (C=O) groups excluding carboxylic acids is 3. The number of nitrogens with one attached hydrogen (secondary N) is 4. The average Bonchev–Trinajstić information content (AvgIpc) is 4.07. The van der Waals surface area contributed by atoms with Crippen LogP contribution >= 0.6 is 0 Å². The summed E-state index contributed by atoms with van der Waals surface area (Å²) in [6.45, 7) is 20.8. The van der Waals surface area contributed by atoms with E-state index in [1.54, 1.807) is 35.0 Å². The molecule has 2 aromatic heterocycles. The highest BCUT2D eigenvalue weighted by Crippen LogP contribution is 2.30. The van der Waals surface area contributed by atoms with Crippen molar-refractivity contribution in [3.8, 4) is 11.5 Å². The van der Waals surface area contributed by atoms with E-state index in [-0.39, 0.29) is 42.2 Å². The van der Waals surface area contributed by atoms with E-state index in [1.165, 1.54) is 17.0 Å². The van der Waals surface area contributed by atoms with E-state index in [0.717, 1.165) is 61.0 Å². The number of rotatable bonds is 25. The van der Waals surface area contributed by atoms with E-state index in [4.69, 9.17) is 23.7 Å². The quantitative estimate of drug-likeness (QED) is 0.0354. The normalized spacial score (nSPS) is 18.6. The number of imidazole rings is 1. The molecule has 6 rings (SSSR count). The Hall–Kier alpha value is -6.29. The van der Waals surface area contributed by atoms with Crippen LogP contribution in [0.2, 0.25) is 0 Å². The molecule has 394 valence electrons. The molecule has 0 saturated carbocycles. The van der Waals surface area contributed by atoms with Crippen LogP contribution in [-0.2, 0) is 38.4 Å². The standard InChI is InChI=1S/C51H75N11O10/c1-35-31-60(40-16-13-38(14-17-40)46(63)55-45-29-39(56-57-45)15-12-37-27-41(68-8)30-42(28-37)69-9)32-36(2)61(35)22-24-71-26-25-70-23-21-58-33-44(51(6,7)34-58)54-47(64)43(53-49(65)72-50(3,4)5)11-10-19-59-20-18-52-48(59)62(66)67/h13-14,16-18,20,27-30,35-36,43-44H,10-12,15,19,21-26,31-34H2,1-9H3,(H,53,65)(H,54,64)(H2,55,56,57,63)/t35-,36+,43-,44-/m0/s1. The first-order valence-electron chi connectivity index (χ1n) is 24.8. The highest BCUT2D eigenvalue weighted by molar-refractivity contribution is 6.04. The second-order valence-corrected chi connectivity index (χ2v) is 20.4. The number of likely N-dealkylation sites (tertiary alicyclic amines) is 1. The van der Waals surface area contributed by atoms with Crippen LogP contribution in [0.1, 0.15) is 82.9 Å². The molecule has 21 heteroatoms. The van der Waals surface area contributed by atoms with E-state index >= 15 is 0 Å². The fraction of sp³-hybridized carbons (Fsp3) is 0.588. The minimum atomic E-state index is -0.905. The van der Waals surface area contributed by atoms with Crippen molar-refractivity contribution in [2.75, 3.05) is 90.1 Å². The second kappa shape index (κ2) is 25.4. The number of aromatic nitrogens is 4. The number of anilines is 2. The molecule has 21 nitrogen and oxygen atoms in total. The van der Waals surface area contributed by atoms with Crippen LogP contribution in [-0.4, -0.2) is 162 Å². The summed E-state index contributed by atoms with van der Waals surface area (Å²) in [6.07, 6.45) is 4.24. The minimum Gasteiger partial charge on any atom is -0.497 e. The zero-order valence-electron chi connectivity index (χ0n) is 43.4. The van der Waals surface area contributed by atoms with Gasteiger partial charge in [-0.15, -0.1) is 0 Å². The number of nitrogens with zero attached hydrogens (tertiary/aromatic N) is 7. The largest absolute Gasteiger partial charge is 0.497 e. The maximum absolute atomic E-state index is 13.7. The highest BCUT2D eigenvalue weighted by atomic mass is 16.6. The Bertz CT molecular complexity index is 2370. The molecular formula is C51H75N11O10. The van der Waals surface area contributed by atoms with Gasteiger partial charge in [0.25, 0.3) is 5.91 Å². The van der Waals surface area contributed by atoms with Gasteiger partial charge in [0.2, 0.25) is 5.91 Å². The molecule has 2 aromatic carbocycles. The zero-order chi connectivity index (χ0) is 52.0. The Morgan fingerprint density at radius 3 is 2.21 bits per heavy atom. The first kappa shape index (κ1) is 55.0. The van der Waals surface area contributed by atoms with Crippen molar-refractivity contribution in [3.63, 3.8) is 0 Å². The lowest BCUT2D eigenvalue weighted by Gasteiger charge is -2.45. The number of nitro groups is 1. The van der Waals surface area contributed by atoms with E-state index in [9.17, 15) is 24.5 Å². The van der Waals surface area contributed by atoms with Gasteiger partial charge in [-0.25, -0.2) is 9.36 Å². The lowest BCUT2D eigenvalue weighted by molar-refractivity contribution is -0.396. The van der Waals surface area contributed by atoms with Crippen molar-refractivity contribution in [2.45, 2.75) is 110 Å². The van der Waals surface area contributed by atoms with Crippen LogP contribution in [0.25, 0.3) is 0 Å². The molecule has 2 aliphatic heterocycles. The number of benzene rings is 2. The molecule has 0 bridgehead atoms. The monoisotopic (exact) mass is 1000 g/mol. The number of aryl methyl sites for hydroxylation is 3. The molecular weight excluding hydrogens is 927 g/mol. The first-order valence-corrected chi connectivity index (χ1v) is 24.8. The van der Waals surface area contributed by atoms with Crippen LogP contribution in [0.3, 0.4) is 0 Å². The molecule has 4 N–H and O–H groups in total. The second-order valence-electron chi connectivity index (χ2n) is 20.4. The number of alkyl carbamates (subject to hydrolysis) is 1. The molecule has 2 aliphatic rings. The molecule has 2 saturated heterocycles. The van der Waals surface area contributed by atoms with Crippen molar-refractivity contribution in [2.24, 2.45) is 5.41 Å². The van der Waals surface area contributed by atoms with Gasteiger partial charge in [-0.2, -0.15) is 5.10 Å². The third-order valence-corrected chi connectivity index (χ3v) is 13.1. The maximum Gasteiger partial charge on any atom is 0.434 e. The van der Waals surface area contributed by atoms with Crippen molar-refractivity contribution in [3.05, 3.63) is 87.9 Å². The molecule has 72 heavy (non-hydrogen) atoms. The summed E-state index contributed by atoms with van der Waals surface area (Å²) in [5, 5.41) is 27.5. The van der Waals surface area contributed by atoms with Gasteiger partial charge in [-0.05, 0) is 113 Å². The van der Waals surface area contributed by atoms with Crippen molar-refractivity contribution < 1.29 is 43.0 Å². The molecule has 0 radical (unpaired) electrons. The number of aromatic amines is 1. The summed E-state index contributed by atoms with van der Waals surface area (Å²) in [6, 6.07) is 14.9. The Labute approximate surface area is 422 Å². The maximum atomic E-state index is 13.7. The van der Waals surface area contributed by atoms with Gasteiger partial charge in [0.15, 0.2) is 5.82 Å². The van der Waals surface area contributed by atoms with Crippen LogP contribution in [0.5, 0.6) is 11.5 Å². The molecule has 0 unspecified atom stereocenters. The molecule has 4 heterocycles. The van der Waals surface area contributed by atoms with Crippen molar-refractivity contribution in [1.82, 2.24) is 40.2 Å². The Balaban J connectivity index is 0.858. The smallest absolute Gasteiger partial charge is 0.434 e. The lowest BCUT2D eigenvalue weighted by atomic mass is 9.87. The predicted molar refractivity (Wildman–Crippen MR) is 273 cm³/mol. The summed E-state index contributed by atoms with van der Waals surface area (Å²) < 4.78 is 29.6. The summed E-state index contributed by atoms with van der Waals surface area (Å²) in [4.78, 5) is 61.3. The molecule has 3 amide bonds. The number of ether oxygens (including phenoxy) is 5. The van der Waals surface area contributed by atoms with Gasteiger partial charge in [0.1, 0.15) is 35.5 Å². The molecule has 0 aliphatic carbocycles. The molecule has 4 aromatic rings. The average molecular weight is 1000 g/mol. The van der Waals surface area contributed by atoms with Gasteiger partial charge >= 0.3 is 12.0 Å². The summed E-state index contributed by atoms with van der Waals surface area (Å²) in [5.74, 6) is 1.11. The lowest BCUT2D eigenvalue weighted by Crippen LogP contribution is -2.57. The number of carbonyl (C=O) groups is 3. The number of hydrogen-bond donors (Lipinski definition) is 4. The van der Waals surface area contributed by atoms with Crippen molar-refractivity contribution in [1.29, 1.82) is 0 Å². The third kappa shape index (κ3) is 16.1. The zero-order valence-corrected chi connectivity index (χ0v) is 43.4. The van der Waals surface area contributed by atoms with E-state index in [0.29, 0.717) is 75.8 Å². The van der Waals surface area contributed by atoms with Gasteiger partial charge in [0.05, 0.1) is 47.2 Å². The third-order valence-electron chi connectivity index (χ3n) is 13.1. The minimum absolute atomic E-state index is 0.186. The number of H-pyrrole nitrogens is 1. The molecule has 0 spiro atoms. The SMILES string of the molecule is COc1cc(CCc2cc(NC(=O)c3ccc(N4C[C@@H](C)N(CCOCCOCCN5C[C@H](NC(=O)[C@H](CCCn6ccnc6[N+](=O)[O-])NC(=O)OC(C)(C)C)C(C)(C)C5)[C@@H](C)C4)cc3)n[nH]2)cc(OC)c1. The van der Waals surface area contributed by atoms with Gasteiger partial charge in [0, 0.05) is 86.5 Å². The van der Waals surface area contributed by atoms with Crippen LogP contribution in [0.4, 0.5) is 22.2 Å². The fourth-order valence-corrected chi connectivity index (χ4v) is 9.32. The molecule has 4 atom stereocenters. The Morgan fingerprint density at radius 2 is 1.57 bits per heavy atom. The van der Waals surface area contributed by atoms with E-state index in [1.807, 2.05) is 48.5 Å². The van der Waals surface area contributed by atoms with Crippen LogP contribution < -0.4 is 30.3 Å². The number of amides is 3. The predicted octanol–water partition coefficient (Wildman–Crippen LogP) is 5.70. The topological polar surface area (TPSA) is 233 Å². The Morgan fingerprint density at radius 1 is 0.903 bits per heavy atom. The number of hydrogen-bond acceptors (Lipinski definition) is 15. The Kier molecular flexibility index (Phi) is 19.4. The molecule has 2 fully saturated rings. The van der Waals surface area contributed by atoms with Crippen molar-refractivity contribution >= 4 is 35.4 Å². The number of methoxy groups -OCH3 is 2. The first-order chi connectivity index (χ1) is 34.3. The fourth-order valence-electron chi connectivity index (χ4n) is 9.32. The van der Waals surface area contributed by atoms with Crippen LogP contribution in [0, 0.1) is 15.5 Å². The summed E-state index contributed by atoms with van der Waals surface area (Å²) in [7, 11) is 3.26. The van der Waals surface area contributed by atoms with Gasteiger partial charge < -0.3 is 54.6 Å². The summed E-state index contributed by atoms with van der Waals surface area (Å²) in [5.41, 5.74) is 2.59. The number of piperazine rings is 1. The van der Waals surface area contributed by atoms with Crippen LogP contribution in [0.15, 0.2) is 60.9 Å². The van der Waals surface area contributed by atoms with Gasteiger partial charge in [-0.1, -0.05) is 18.8 Å². The van der Waals surface area contributed by atoms with E-state index in [2.05, 4.69) is 73.5 Å². The van der Waals surface area contributed by atoms with Gasteiger partial charge in [-0.3, -0.25) is 24.5 Å².